The van der Waals surface area contributed by atoms with Crippen LogP contribution in [0.5, 0.6) is 0 Å². The highest BCUT2D eigenvalue weighted by Gasteiger charge is 1.95. The average molecular weight is 181 g/mol. The van der Waals surface area contributed by atoms with Gasteiger partial charge in [-0.05, 0) is 36.3 Å². The summed E-state index contributed by atoms with van der Waals surface area (Å²) in [5.74, 6) is 0.710. The van der Waals surface area contributed by atoms with Crippen LogP contribution in [0, 0.1) is 0 Å². The predicted molar refractivity (Wildman–Crippen MR) is 54.0 cm³/mol. The molecule has 1 aromatic rings. The van der Waals surface area contributed by atoms with E-state index in [0.717, 1.165) is 6.42 Å². The Labute approximate surface area is 77.0 Å². The summed E-state index contributed by atoms with van der Waals surface area (Å²) in [4.78, 5) is 4.05. The summed E-state index contributed by atoms with van der Waals surface area (Å²) in [7, 11) is 0. The van der Waals surface area contributed by atoms with Crippen molar-refractivity contribution in [2.24, 2.45) is 5.73 Å². The smallest absolute Gasteiger partial charge is 0.169 e. The van der Waals surface area contributed by atoms with E-state index >= 15 is 0 Å². The van der Waals surface area contributed by atoms with Gasteiger partial charge in [0.05, 0.1) is 0 Å². The van der Waals surface area contributed by atoms with Gasteiger partial charge in [-0.15, -0.1) is 0 Å². The summed E-state index contributed by atoms with van der Waals surface area (Å²) in [6.07, 6.45) is 2.72. The number of aryl methyl sites for hydroxylation is 1. The fraction of sp³-hybridized carbons (Fsp3) is 0.250. The van der Waals surface area contributed by atoms with E-state index in [0.29, 0.717) is 5.82 Å². The molecule has 0 amide bonds. The number of hydrogen-bond donors (Lipinski definition) is 2. The second-order valence-corrected chi connectivity index (χ2v) is 2.83. The van der Waals surface area contributed by atoms with Crippen LogP contribution in [0.3, 0.4) is 0 Å². The number of thiocarbonyl (C=S) groups is 1. The Bertz CT molecular complexity index is 285. The van der Waals surface area contributed by atoms with Crippen molar-refractivity contribution in [1.29, 1.82) is 0 Å². The van der Waals surface area contributed by atoms with Crippen LogP contribution >= 0.6 is 12.2 Å². The maximum absolute atomic E-state index is 5.30. The van der Waals surface area contributed by atoms with Crippen LogP contribution in [0.25, 0.3) is 0 Å². The Hall–Kier alpha value is -1.16. The molecule has 0 aliphatic rings. The lowest BCUT2D eigenvalue weighted by Crippen LogP contribution is -2.19. The van der Waals surface area contributed by atoms with Crippen molar-refractivity contribution in [3.8, 4) is 0 Å². The van der Waals surface area contributed by atoms with E-state index in [1.807, 2.05) is 12.1 Å². The van der Waals surface area contributed by atoms with Gasteiger partial charge < -0.3 is 11.1 Å². The first kappa shape index (κ1) is 8.93. The number of hydrogen-bond acceptors (Lipinski definition) is 2. The van der Waals surface area contributed by atoms with Crippen LogP contribution in [0.4, 0.5) is 5.82 Å². The standard InChI is InChI=1S/C8H11N3S/c1-2-6-3-4-10-7(5-6)11-8(9)12/h3-5H,2H2,1H3,(H3,9,10,11,12). The predicted octanol–water partition coefficient (Wildman–Crippen LogP) is 1.30. The number of anilines is 1. The molecule has 0 spiro atoms. The molecular weight excluding hydrogens is 170 g/mol. The second kappa shape index (κ2) is 4.01. The van der Waals surface area contributed by atoms with Crippen LogP contribution in [-0.2, 0) is 6.42 Å². The van der Waals surface area contributed by atoms with Gasteiger partial charge in [0.2, 0.25) is 0 Å². The van der Waals surface area contributed by atoms with E-state index in [1.165, 1.54) is 5.56 Å². The Kier molecular flexibility index (Phi) is 2.99. The minimum absolute atomic E-state index is 0.246. The minimum Gasteiger partial charge on any atom is -0.376 e. The second-order valence-electron chi connectivity index (χ2n) is 2.39. The van der Waals surface area contributed by atoms with Gasteiger partial charge in [0.1, 0.15) is 5.82 Å². The van der Waals surface area contributed by atoms with Crippen molar-refractivity contribution >= 4 is 23.1 Å². The normalized spacial score (nSPS) is 9.42. The first-order valence-corrected chi connectivity index (χ1v) is 4.14. The largest absolute Gasteiger partial charge is 0.376 e. The van der Waals surface area contributed by atoms with Crippen molar-refractivity contribution in [2.75, 3.05) is 5.32 Å². The Morgan fingerprint density at radius 1 is 1.75 bits per heavy atom. The average Bonchev–Trinajstić information content (AvgIpc) is 2.03. The van der Waals surface area contributed by atoms with E-state index in [-0.39, 0.29) is 5.11 Å². The molecule has 4 heteroatoms. The fourth-order valence-electron chi connectivity index (χ4n) is 0.889. The van der Waals surface area contributed by atoms with Gasteiger partial charge in [-0.2, -0.15) is 0 Å². The summed E-state index contributed by atoms with van der Waals surface area (Å²) in [6.45, 7) is 2.08. The Balaban J connectivity index is 2.79. The van der Waals surface area contributed by atoms with Crippen molar-refractivity contribution in [1.82, 2.24) is 4.98 Å². The molecule has 12 heavy (non-hydrogen) atoms. The molecule has 64 valence electrons. The van der Waals surface area contributed by atoms with Crippen molar-refractivity contribution in [3.63, 3.8) is 0 Å². The third-order valence-corrected chi connectivity index (χ3v) is 1.59. The summed E-state index contributed by atoms with van der Waals surface area (Å²) in [5.41, 5.74) is 6.51. The van der Waals surface area contributed by atoms with Gasteiger partial charge >= 0.3 is 0 Å². The molecule has 0 saturated carbocycles. The van der Waals surface area contributed by atoms with Crippen LogP contribution in [0.2, 0.25) is 0 Å². The van der Waals surface area contributed by atoms with Crippen LogP contribution in [0.1, 0.15) is 12.5 Å². The molecule has 0 saturated heterocycles. The molecule has 0 fully saturated rings. The van der Waals surface area contributed by atoms with Gasteiger partial charge in [0.15, 0.2) is 5.11 Å². The lowest BCUT2D eigenvalue weighted by molar-refractivity contribution is 1.12. The van der Waals surface area contributed by atoms with Crippen molar-refractivity contribution in [2.45, 2.75) is 13.3 Å². The lowest BCUT2D eigenvalue weighted by atomic mass is 10.2. The number of rotatable bonds is 2. The molecule has 3 nitrogen and oxygen atoms in total. The summed E-state index contributed by atoms with van der Waals surface area (Å²) in [6, 6.07) is 3.89. The SMILES string of the molecule is CCc1ccnc(NC(N)=S)c1. The van der Waals surface area contributed by atoms with E-state index < -0.39 is 0 Å². The molecule has 0 aliphatic carbocycles. The third-order valence-electron chi connectivity index (χ3n) is 1.48. The third kappa shape index (κ3) is 2.47. The molecule has 0 aromatic carbocycles. The fourth-order valence-corrected chi connectivity index (χ4v) is 0.993. The summed E-state index contributed by atoms with van der Waals surface area (Å²) < 4.78 is 0. The first-order valence-electron chi connectivity index (χ1n) is 3.73. The first-order chi connectivity index (χ1) is 5.72. The highest BCUT2D eigenvalue weighted by molar-refractivity contribution is 7.80. The Morgan fingerprint density at radius 2 is 2.50 bits per heavy atom. The zero-order valence-electron chi connectivity index (χ0n) is 6.87. The zero-order chi connectivity index (χ0) is 8.97. The molecular formula is C8H11N3S. The molecule has 3 N–H and O–H groups in total. The number of pyridine rings is 1. The van der Waals surface area contributed by atoms with Gasteiger partial charge in [-0.1, -0.05) is 6.92 Å². The van der Waals surface area contributed by atoms with E-state index in [9.17, 15) is 0 Å². The molecule has 1 heterocycles. The summed E-state index contributed by atoms with van der Waals surface area (Å²) >= 11 is 4.68. The molecule has 0 unspecified atom stereocenters. The van der Waals surface area contributed by atoms with Crippen LogP contribution < -0.4 is 11.1 Å². The van der Waals surface area contributed by atoms with Crippen LogP contribution in [-0.4, -0.2) is 10.1 Å². The molecule has 1 rings (SSSR count). The lowest BCUT2D eigenvalue weighted by Gasteiger charge is -2.03. The molecule has 0 atom stereocenters. The van der Waals surface area contributed by atoms with Gasteiger partial charge in [0, 0.05) is 6.20 Å². The number of nitrogens with zero attached hydrogens (tertiary/aromatic N) is 1. The maximum Gasteiger partial charge on any atom is 0.169 e. The van der Waals surface area contributed by atoms with Crippen molar-refractivity contribution in [3.05, 3.63) is 23.9 Å². The quantitative estimate of drug-likeness (QED) is 0.675. The number of aromatic nitrogens is 1. The van der Waals surface area contributed by atoms with Gasteiger partial charge in [-0.3, -0.25) is 0 Å². The topological polar surface area (TPSA) is 50.9 Å². The van der Waals surface area contributed by atoms with E-state index in [1.54, 1.807) is 6.20 Å². The van der Waals surface area contributed by atoms with E-state index in [2.05, 4.69) is 29.4 Å². The maximum atomic E-state index is 5.30. The number of nitrogens with two attached hydrogens (primary N) is 1. The minimum atomic E-state index is 0.246. The molecule has 0 aliphatic heterocycles. The zero-order valence-corrected chi connectivity index (χ0v) is 7.69. The Morgan fingerprint density at radius 3 is 3.08 bits per heavy atom. The number of nitrogens with one attached hydrogen (secondary N) is 1. The highest BCUT2D eigenvalue weighted by atomic mass is 32.1. The summed E-state index contributed by atoms with van der Waals surface area (Å²) in [5, 5.41) is 3.02. The monoisotopic (exact) mass is 181 g/mol. The van der Waals surface area contributed by atoms with Gasteiger partial charge in [0.25, 0.3) is 0 Å². The molecule has 0 radical (unpaired) electrons. The van der Waals surface area contributed by atoms with Crippen molar-refractivity contribution < 1.29 is 0 Å². The van der Waals surface area contributed by atoms with Crippen LogP contribution in [0.15, 0.2) is 18.3 Å². The molecule has 1 aromatic heterocycles. The molecule has 0 bridgehead atoms. The van der Waals surface area contributed by atoms with Gasteiger partial charge in [-0.25, -0.2) is 4.98 Å². The van der Waals surface area contributed by atoms with E-state index in [4.69, 9.17) is 5.73 Å². The highest BCUT2D eigenvalue weighted by Crippen LogP contribution is 2.06.